The van der Waals surface area contributed by atoms with Crippen LogP contribution in [0.2, 0.25) is 0 Å². The second kappa shape index (κ2) is 7.58. The number of nitrogens with zero attached hydrogens (tertiary/aromatic N) is 2. The van der Waals surface area contributed by atoms with Gasteiger partial charge in [-0.3, -0.25) is 9.69 Å². The van der Waals surface area contributed by atoms with Gasteiger partial charge in [-0.25, -0.2) is 9.78 Å². The number of halogens is 1. The van der Waals surface area contributed by atoms with Crippen LogP contribution < -0.4 is 5.32 Å². The van der Waals surface area contributed by atoms with Crippen molar-refractivity contribution in [3.63, 3.8) is 0 Å². The average Bonchev–Trinajstić information content (AvgIpc) is 2.37. The molecule has 0 aliphatic rings. The lowest BCUT2D eigenvalue weighted by Crippen LogP contribution is -2.46. The highest BCUT2D eigenvalue weighted by molar-refractivity contribution is 9.10. The van der Waals surface area contributed by atoms with Gasteiger partial charge < -0.3 is 10.1 Å². The van der Waals surface area contributed by atoms with Gasteiger partial charge >= 0.3 is 6.09 Å². The van der Waals surface area contributed by atoms with E-state index in [2.05, 4.69) is 26.2 Å². The smallest absolute Gasteiger partial charge is 0.410 e. The summed E-state index contributed by atoms with van der Waals surface area (Å²) in [7, 11) is 1.55. The Morgan fingerprint density at radius 2 is 2.05 bits per heavy atom. The fourth-order valence-electron chi connectivity index (χ4n) is 1.78. The number of hydrogen-bond donors (Lipinski definition) is 1. The predicted octanol–water partition coefficient (Wildman–Crippen LogP) is 3.43. The molecule has 0 radical (unpaired) electrons. The Morgan fingerprint density at radius 1 is 1.41 bits per heavy atom. The zero-order valence-corrected chi connectivity index (χ0v) is 15.1. The molecule has 1 heterocycles. The summed E-state index contributed by atoms with van der Waals surface area (Å²) < 4.78 is 5.91. The SMILES string of the molecule is CCC(C(=O)Nc1cccc(Br)n1)N(C)C(=O)OC(C)(C)C. The summed E-state index contributed by atoms with van der Waals surface area (Å²) >= 11 is 3.24. The highest BCUT2D eigenvalue weighted by Gasteiger charge is 2.29. The number of amides is 2. The highest BCUT2D eigenvalue weighted by Crippen LogP contribution is 2.15. The Bertz CT molecular complexity index is 543. The summed E-state index contributed by atoms with van der Waals surface area (Å²) in [5, 5.41) is 2.70. The molecule has 0 bridgehead atoms. The molecule has 6 nitrogen and oxygen atoms in total. The third-order valence-electron chi connectivity index (χ3n) is 2.80. The van der Waals surface area contributed by atoms with Gasteiger partial charge in [0.1, 0.15) is 22.1 Å². The average molecular weight is 372 g/mol. The van der Waals surface area contributed by atoms with Gasteiger partial charge in [0.25, 0.3) is 0 Å². The number of carbonyl (C=O) groups excluding carboxylic acids is 2. The molecule has 0 aromatic carbocycles. The zero-order chi connectivity index (χ0) is 16.9. The first-order chi connectivity index (χ1) is 10.1. The normalized spacial score (nSPS) is 12.5. The van der Waals surface area contributed by atoms with Crippen molar-refractivity contribution in [1.29, 1.82) is 0 Å². The summed E-state index contributed by atoms with van der Waals surface area (Å²) in [6.45, 7) is 7.18. The molecule has 1 N–H and O–H groups in total. The number of pyridine rings is 1. The number of likely N-dealkylation sites (N-methyl/N-ethyl adjacent to an activating group) is 1. The third-order valence-corrected chi connectivity index (χ3v) is 3.25. The first-order valence-electron chi connectivity index (χ1n) is 7.03. The number of aromatic nitrogens is 1. The molecule has 1 aromatic heterocycles. The van der Waals surface area contributed by atoms with Crippen LogP contribution >= 0.6 is 15.9 Å². The van der Waals surface area contributed by atoms with E-state index in [0.29, 0.717) is 16.8 Å². The molecule has 0 aliphatic carbocycles. The maximum absolute atomic E-state index is 12.4. The van der Waals surface area contributed by atoms with E-state index in [-0.39, 0.29) is 5.91 Å². The molecule has 1 unspecified atom stereocenters. The van der Waals surface area contributed by atoms with Crippen molar-refractivity contribution >= 4 is 33.7 Å². The van der Waals surface area contributed by atoms with Gasteiger partial charge in [-0.1, -0.05) is 13.0 Å². The van der Waals surface area contributed by atoms with Gasteiger partial charge in [0.05, 0.1) is 0 Å². The third kappa shape index (κ3) is 5.63. The minimum Gasteiger partial charge on any atom is -0.444 e. The standard InChI is InChI=1S/C15H22BrN3O3/c1-6-10(19(5)14(21)22-15(2,3)4)13(20)18-12-9-7-8-11(16)17-12/h7-10H,6H2,1-5H3,(H,17,18,20). The Labute approximate surface area is 139 Å². The van der Waals surface area contributed by atoms with E-state index >= 15 is 0 Å². The van der Waals surface area contributed by atoms with Crippen LogP contribution in [0.15, 0.2) is 22.8 Å². The van der Waals surface area contributed by atoms with Crippen LogP contribution in [0, 0.1) is 0 Å². The summed E-state index contributed by atoms with van der Waals surface area (Å²) in [5.41, 5.74) is -0.605. The van der Waals surface area contributed by atoms with Crippen LogP contribution in [0.4, 0.5) is 10.6 Å². The van der Waals surface area contributed by atoms with Gasteiger partial charge in [-0.05, 0) is 55.3 Å². The molecule has 0 spiro atoms. The van der Waals surface area contributed by atoms with Crippen LogP contribution in [0.1, 0.15) is 34.1 Å². The summed E-state index contributed by atoms with van der Waals surface area (Å²) in [6.07, 6.45) is -0.0630. The van der Waals surface area contributed by atoms with Gasteiger partial charge in [-0.2, -0.15) is 0 Å². The minimum absolute atomic E-state index is 0.304. The molecule has 0 saturated heterocycles. The van der Waals surface area contributed by atoms with Crippen molar-refractivity contribution in [1.82, 2.24) is 9.88 Å². The number of carbonyl (C=O) groups is 2. The zero-order valence-electron chi connectivity index (χ0n) is 13.5. The van der Waals surface area contributed by atoms with Crippen molar-refractivity contribution in [3.8, 4) is 0 Å². The maximum Gasteiger partial charge on any atom is 0.410 e. The molecule has 22 heavy (non-hydrogen) atoms. The van der Waals surface area contributed by atoms with E-state index in [4.69, 9.17) is 4.74 Å². The number of nitrogens with one attached hydrogen (secondary N) is 1. The maximum atomic E-state index is 12.4. The number of anilines is 1. The summed E-state index contributed by atoms with van der Waals surface area (Å²) in [4.78, 5) is 29.9. The molecule has 0 aliphatic heterocycles. The van der Waals surface area contributed by atoms with Crippen LogP contribution in [0.5, 0.6) is 0 Å². The molecular formula is C15H22BrN3O3. The minimum atomic E-state index is -0.629. The monoisotopic (exact) mass is 371 g/mol. The second-order valence-electron chi connectivity index (χ2n) is 5.85. The lowest BCUT2D eigenvalue weighted by Gasteiger charge is -2.29. The first kappa shape index (κ1) is 18.4. The largest absolute Gasteiger partial charge is 0.444 e. The highest BCUT2D eigenvalue weighted by atomic mass is 79.9. The van der Waals surface area contributed by atoms with E-state index in [9.17, 15) is 9.59 Å². The van der Waals surface area contributed by atoms with Crippen LogP contribution in [0.3, 0.4) is 0 Å². The Balaban J connectivity index is 2.77. The summed E-state index contributed by atoms with van der Waals surface area (Å²) in [6, 6.07) is 4.59. The molecule has 1 atom stereocenters. The van der Waals surface area contributed by atoms with Crippen molar-refractivity contribution in [3.05, 3.63) is 22.8 Å². The topological polar surface area (TPSA) is 71.5 Å². The molecular weight excluding hydrogens is 350 g/mol. The molecule has 0 saturated carbocycles. The van der Waals surface area contributed by atoms with Crippen molar-refractivity contribution in [2.75, 3.05) is 12.4 Å². The number of hydrogen-bond acceptors (Lipinski definition) is 4. The molecule has 2 amide bonds. The molecule has 7 heteroatoms. The van der Waals surface area contributed by atoms with Gasteiger partial charge in [-0.15, -0.1) is 0 Å². The van der Waals surface area contributed by atoms with E-state index in [0.717, 1.165) is 0 Å². The molecule has 1 rings (SSSR count). The van der Waals surface area contributed by atoms with Crippen LogP contribution in [0.25, 0.3) is 0 Å². The van der Waals surface area contributed by atoms with E-state index in [1.54, 1.807) is 46.0 Å². The molecule has 122 valence electrons. The predicted molar refractivity (Wildman–Crippen MR) is 88.6 cm³/mol. The Morgan fingerprint density at radius 3 is 2.55 bits per heavy atom. The number of ether oxygens (including phenoxy) is 1. The second-order valence-corrected chi connectivity index (χ2v) is 6.66. The summed E-state index contributed by atoms with van der Waals surface area (Å²) in [5.74, 6) is 0.122. The van der Waals surface area contributed by atoms with Crippen LogP contribution in [-0.4, -0.2) is 40.6 Å². The number of rotatable bonds is 4. The Hall–Kier alpha value is -1.63. The lowest BCUT2D eigenvalue weighted by molar-refractivity contribution is -0.121. The van der Waals surface area contributed by atoms with Crippen molar-refractivity contribution in [2.45, 2.75) is 45.8 Å². The lowest BCUT2D eigenvalue weighted by atomic mass is 10.2. The van der Waals surface area contributed by atoms with Crippen molar-refractivity contribution in [2.24, 2.45) is 0 Å². The van der Waals surface area contributed by atoms with Crippen LogP contribution in [-0.2, 0) is 9.53 Å². The quantitative estimate of drug-likeness (QED) is 0.822. The van der Waals surface area contributed by atoms with Crippen molar-refractivity contribution < 1.29 is 14.3 Å². The fraction of sp³-hybridized carbons (Fsp3) is 0.533. The molecule has 0 fully saturated rings. The van der Waals surface area contributed by atoms with Gasteiger partial charge in [0.2, 0.25) is 5.91 Å². The molecule has 1 aromatic rings. The van der Waals surface area contributed by atoms with Gasteiger partial charge in [0, 0.05) is 7.05 Å². The Kier molecular flexibility index (Phi) is 6.34. The van der Waals surface area contributed by atoms with Gasteiger partial charge in [0.15, 0.2) is 0 Å². The fourth-order valence-corrected chi connectivity index (χ4v) is 2.13. The van der Waals surface area contributed by atoms with E-state index < -0.39 is 17.7 Å². The van der Waals surface area contributed by atoms with E-state index in [1.807, 2.05) is 6.92 Å². The van der Waals surface area contributed by atoms with E-state index in [1.165, 1.54) is 4.90 Å². The first-order valence-corrected chi connectivity index (χ1v) is 7.82.